The molecule has 0 atom stereocenters. The van der Waals surface area contributed by atoms with E-state index in [1.54, 1.807) is 0 Å². The van der Waals surface area contributed by atoms with E-state index in [0.717, 1.165) is 12.8 Å². The SMILES string of the molecule is O=C(Cl)c1cccc(N(CC2CC2)C(=O)c2ccc(F)cc2)c1F. The van der Waals surface area contributed by atoms with Gasteiger partial charge in [0.05, 0.1) is 11.3 Å². The average molecular weight is 350 g/mol. The van der Waals surface area contributed by atoms with E-state index < -0.39 is 22.8 Å². The van der Waals surface area contributed by atoms with E-state index in [2.05, 4.69) is 0 Å². The molecule has 0 heterocycles. The minimum Gasteiger partial charge on any atom is -0.305 e. The molecule has 0 aliphatic heterocycles. The molecule has 0 bridgehead atoms. The Kier molecular flexibility index (Phi) is 4.62. The third-order valence-electron chi connectivity index (χ3n) is 3.95. The van der Waals surface area contributed by atoms with Crippen LogP contribution in [0.3, 0.4) is 0 Å². The summed E-state index contributed by atoms with van der Waals surface area (Å²) in [4.78, 5) is 25.4. The molecule has 0 radical (unpaired) electrons. The van der Waals surface area contributed by atoms with Crippen LogP contribution in [0, 0.1) is 17.6 Å². The number of carbonyl (C=O) groups excluding carboxylic acids is 2. The average Bonchev–Trinajstić information content (AvgIpc) is 3.37. The van der Waals surface area contributed by atoms with Gasteiger partial charge in [-0.1, -0.05) is 6.07 Å². The van der Waals surface area contributed by atoms with Crippen LogP contribution in [0.25, 0.3) is 0 Å². The maximum absolute atomic E-state index is 14.6. The lowest BCUT2D eigenvalue weighted by Gasteiger charge is -2.24. The van der Waals surface area contributed by atoms with Crippen LogP contribution in [-0.2, 0) is 0 Å². The molecule has 1 saturated carbocycles. The fourth-order valence-corrected chi connectivity index (χ4v) is 2.62. The van der Waals surface area contributed by atoms with Crippen molar-refractivity contribution in [2.45, 2.75) is 12.8 Å². The van der Waals surface area contributed by atoms with E-state index in [4.69, 9.17) is 11.6 Å². The van der Waals surface area contributed by atoms with Crippen LogP contribution in [0.2, 0.25) is 0 Å². The van der Waals surface area contributed by atoms with Crippen molar-refractivity contribution in [3.05, 3.63) is 65.2 Å². The van der Waals surface area contributed by atoms with Crippen molar-refractivity contribution in [2.75, 3.05) is 11.4 Å². The summed E-state index contributed by atoms with van der Waals surface area (Å²) in [6.07, 6.45) is 1.92. The highest BCUT2D eigenvalue weighted by Gasteiger charge is 2.30. The molecular formula is C18H14ClF2NO2. The number of hydrogen-bond donors (Lipinski definition) is 0. The summed E-state index contributed by atoms with van der Waals surface area (Å²) >= 11 is 5.39. The van der Waals surface area contributed by atoms with Gasteiger partial charge in [-0.05, 0) is 66.8 Å². The first-order valence-electron chi connectivity index (χ1n) is 7.53. The van der Waals surface area contributed by atoms with Gasteiger partial charge in [-0.2, -0.15) is 0 Å². The van der Waals surface area contributed by atoms with Crippen molar-refractivity contribution in [3.63, 3.8) is 0 Å². The summed E-state index contributed by atoms with van der Waals surface area (Å²) in [5.74, 6) is -1.43. The Balaban J connectivity index is 2.00. The van der Waals surface area contributed by atoms with E-state index in [0.29, 0.717) is 12.5 Å². The Bertz CT molecular complexity index is 788. The third kappa shape index (κ3) is 3.46. The fraction of sp³-hybridized carbons (Fsp3) is 0.222. The van der Waals surface area contributed by atoms with Crippen LogP contribution >= 0.6 is 11.6 Å². The van der Waals surface area contributed by atoms with Crippen LogP contribution in [0.1, 0.15) is 33.6 Å². The van der Waals surface area contributed by atoms with Gasteiger partial charge in [0.1, 0.15) is 5.82 Å². The van der Waals surface area contributed by atoms with Gasteiger partial charge in [-0.3, -0.25) is 9.59 Å². The highest BCUT2D eigenvalue weighted by Crippen LogP contribution is 2.33. The summed E-state index contributed by atoms with van der Waals surface area (Å²) in [6.45, 7) is 0.340. The number of nitrogens with zero attached hydrogens (tertiary/aromatic N) is 1. The maximum Gasteiger partial charge on any atom is 0.258 e. The van der Waals surface area contributed by atoms with E-state index >= 15 is 0 Å². The second-order valence-electron chi connectivity index (χ2n) is 5.78. The largest absolute Gasteiger partial charge is 0.305 e. The van der Waals surface area contributed by atoms with Crippen LogP contribution in [0.15, 0.2) is 42.5 Å². The van der Waals surface area contributed by atoms with Gasteiger partial charge in [0.2, 0.25) is 0 Å². The van der Waals surface area contributed by atoms with Gasteiger partial charge >= 0.3 is 0 Å². The van der Waals surface area contributed by atoms with Crippen molar-refractivity contribution in [2.24, 2.45) is 5.92 Å². The molecule has 2 aromatic rings. The number of amides is 1. The zero-order valence-corrected chi connectivity index (χ0v) is 13.4. The predicted molar refractivity (Wildman–Crippen MR) is 87.4 cm³/mol. The normalized spacial score (nSPS) is 13.6. The van der Waals surface area contributed by atoms with E-state index in [9.17, 15) is 18.4 Å². The zero-order chi connectivity index (χ0) is 17.3. The number of anilines is 1. The van der Waals surface area contributed by atoms with E-state index in [-0.39, 0.29) is 16.8 Å². The molecule has 0 saturated heterocycles. The van der Waals surface area contributed by atoms with E-state index in [1.165, 1.54) is 47.4 Å². The smallest absolute Gasteiger partial charge is 0.258 e. The molecule has 0 unspecified atom stereocenters. The molecule has 1 fully saturated rings. The molecule has 0 spiro atoms. The second kappa shape index (κ2) is 6.69. The van der Waals surface area contributed by atoms with Gasteiger partial charge < -0.3 is 4.90 Å². The summed E-state index contributed by atoms with van der Waals surface area (Å²) in [5.41, 5.74) is -0.0244. The molecular weight excluding hydrogens is 336 g/mol. The van der Waals surface area contributed by atoms with E-state index in [1.807, 2.05) is 0 Å². The number of hydrogen-bond acceptors (Lipinski definition) is 2. The van der Waals surface area contributed by atoms with Crippen molar-refractivity contribution in [3.8, 4) is 0 Å². The van der Waals surface area contributed by atoms with Gasteiger partial charge in [-0.25, -0.2) is 8.78 Å². The first kappa shape index (κ1) is 16.6. The van der Waals surface area contributed by atoms with Gasteiger partial charge in [0.15, 0.2) is 5.82 Å². The topological polar surface area (TPSA) is 37.4 Å². The quantitative estimate of drug-likeness (QED) is 0.750. The molecule has 6 heteroatoms. The summed E-state index contributed by atoms with van der Waals surface area (Å²) in [6, 6.07) is 9.24. The minimum absolute atomic E-state index is 0.00252. The Morgan fingerprint density at radius 2 is 1.75 bits per heavy atom. The summed E-state index contributed by atoms with van der Waals surface area (Å²) in [5, 5.41) is -0.921. The van der Waals surface area contributed by atoms with Crippen LogP contribution in [0.4, 0.5) is 14.5 Å². The molecule has 24 heavy (non-hydrogen) atoms. The predicted octanol–water partition coefficient (Wildman–Crippen LogP) is 4.40. The Labute approximate surface area is 142 Å². The maximum atomic E-state index is 14.6. The minimum atomic E-state index is -0.921. The Hall–Kier alpha value is -2.27. The molecule has 2 aromatic carbocycles. The molecule has 0 N–H and O–H groups in total. The Morgan fingerprint density at radius 3 is 2.33 bits per heavy atom. The first-order chi connectivity index (χ1) is 11.5. The molecule has 1 amide bonds. The van der Waals surface area contributed by atoms with Gasteiger partial charge in [0.25, 0.3) is 11.1 Å². The molecule has 0 aromatic heterocycles. The van der Waals surface area contributed by atoms with Crippen LogP contribution < -0.4 is 4.90 Å². The number of benzene rings is 2. The first-order valence-corrected chi connectivity index (χ1v) is 7.91. The standard InChI is InChI=1S/C18H14ClF2NO2/c19-17(23)14-2-1-3-15(16(14)21)22(10-11-4-5-11)18(24)12-6-8-13(20)9-7-12/h1-3,6-9,11H,4-5,10H2. The number of halogens is 3. The van der Waals surface area contributed by atoms with Crippen molar-refractivity contribution >= 4 is 28.4 Å². The van der Waals surface area contributed by atoms with Crippen LogP contribution in [-0.4, -0.2) is 17.7 Å². The number of carbonyl (C=O) groups is 2. The molecule has 3 rings (SSSR count). The fourth-order valence-electron chi connectivity index (χ4n) is 2.48. The van der Waals surface area contributed by atoms with Crippen molar-refractivity contribution in [1.82, 2.24) is 0 Å². The molecule has 1 aliphatic rings. The summed E-state index contributed by atoms with van der Waals surface area (Å²) in [7, 11) is 0. The highest BCUT2D eigenvalue weighted by molar-refractivity contribution is 6.67. The van der Waals surface area contributed by atoms with Gasteiger partial charge in [0, 0.05) is 12.1 Å². The van der Waals surface area contributed by atoms with Crippen LogP contribution in [0.5, 0.6) is 0 Å². The number of rotatable bonds is 5. The Morgan fingerprint density at radius 1 is 1.08 bits per heavy atom. The van der Waals surface area contributed by atoms with Gasteiger partial charge in [-0.15, -0.1) is 0 Å². The monoisotopic (exact) mass is 349 g/mol. The van der Waals surface area contributed by atoms with Crippen molar-refractivity contribution in [1.29, 1.82) is 0 Å². The second-order valence-corrected chi connectivity index (χ2v) is 6.12. The van der Waals surface area contributed by atoms with Crippen molar-refractivity contribution < 1.29 is 18.4 Å². The lowest BCUT2D eigenvalue weighted by molar-refractivity contribution is 0.0983. The molecule has 124 valence electrons. The molecule has 3 nitrogen and oxygen atoms in total. The highest BCUT2D eigenvalue weighted by atomic mass is 35.5. The third-order valence-corrected chi connectivity index (χ3v) is 4.16. The zero-order valence-electron chi connectivity index (χ0n) is 12.6. The lowest BCUT2D eigenvalue weighted by atomic mass is 10.1. The summed E-state index contributed by atoms with van der Waals surface area (Å²) < 4.78 is 27.7. The molecule has 1 aliphatic carbocycles. The lowest BCUT2D eigenvalue weighted by Crippen LogP contribution is -2.34.